The molecule has 0 amide bonds. The molecule has 3 rings (SSSR count). The number of nitrogens with zero attached hydrogens (tertiary/aromatic N) is 6. The highest BCUT2D eigenvalue weighted by atomic mass is 16.5. The van der Waals surface area contributed by atoms with Gasteiger partial charge in [-0.1, -0.05) is 0 Å². The summed E-state index contributed by atoms with van der Waals surface area (Å²) in [4.78, 5) is 9.40. The van der Waals surface area contributed by atoms with Gasteiger partial charge in [-0.15, -0.1) is 10.2 Å². The lowest BCUT2D eigenvalue weighted by molar-refractivity contribution is 0.0375. The Morgan fingerprint density at radius 2 is 2.10 bits per heavy atom. The van der Waals surface area contributed by atoms with E-state index in [9.17, 15) is 0 Å². The van der Waals surface area contributed by atoms with Gasteiger partial charge >= 0.3 is 0 Å². The van der Waals surface area contributed by atoms with E-state index < -0.39 is 0 Å². The molecule has 1 aromatic rings. The minimum Gasteiger partial charge on any atom is -0.379 e. The van der Waals surface area contributed by atoms with Crippen molar-refractivity contribution >= 4 is 5.96 Å². The molecule has 1 aromatic heterocycles. The van der Waals surface area contributed by atoms with Crippen molar-refractivity contribution in [3.8, 4) is 0 Å². The Bertz CT molecular complexity index is 639. The molecule has 9 heteroatoms. The summed E-state index contributed by atoms with van der Waals surface area (Å²) in [5.74, 6) is 3.46. The second kappa shape index (κ2) is 11.5. The fourth-order valence-electron chi connectivity index (χ4n) is 3.22. The van der Waals surface area contributed by atoms with E-state index in [1.807, 2.05) is 18.5 Å². The first-order valence-electron chi connectivity index (χ1n) is 10.9. The van der Waals surface area contributed by atoms with Crippen LogP contribution in [0.25, 0.3) is 0 Å². The van der Waals surface area contributed by atoms with Crippen LogP contribution in [-0.4, -0.2) is 96.7 Å². The van der Waals surface area contributed by atoms with E-state index in [1.54, 1.807) is 0 Å². The SMILES string of the molecule is Cc1nnc(CN=C(NCCCN2CCOCC2)N(C)CCOCC2CC2)n1C. The van der Waals surface area contributed by atoms with Gasteiger partial charge in [0, 0.05) is 46.9 Å². The third-order valence-corrected chi connectivity index (χ3v) is 5.57. The number of hydrogen-bond acceptors (Lipinski definition) is 6. The quantitative estimate of drug-likeness (QED) is 0.328. The van der Waals surface area contributed by atoms with Crippen molar-refractivity contribution in [3.05, 3.63) is 11.6 Å². The zero-order chi connectivity index (χ0) is 20.5. The van der Waals surface area contributed by atoms with E-state index in [0.29, 0.717) is 6.54 Å². The number of morpholine rings is 1. The number of aryl methyl sites for hydroxylation is 1. The smallest absolute Gasteiger partial charge is 0.194 e. The summed E-state index contributed by atoms with van der Waals surface area (Å²) in [7, 11) is 4.04. The van der Waals surface area contributed by atoms with Gasteiger partial charge in [0.15, 0.2) is 11.8 Å². The zero-order valence-electron chi connectivity index (χ0n) is 18.3. The maximum absolute atomic E-state index is 5.80. The van der Waals surface area contributed by atoms with Crippen LogP contribution in [0.3, 0.4) is 0 Å². The van der Waals surface area contributed by atoms with E-state index >= 15 is 0 Å². The molecule has 9 nitrogen and oxygen atoms in total. The molecule has 0 spiro atoms. The molecule has 0 aromatic carbocycles. The van der Waals surface area contributed by atoms with Crippen LogP contribution < -0.4 is 5.32 Å². The number of guanidine groups is 1. The highest BCUT2D eigenvalue weighted by Gasteiger charge is 2.21. The van der Waals surface area contributed by atoms with Gasteiger partial charge in [-0.2, -0.15) is 0 Å². The Morgan fingerprint density at radius 1 is 1.31 bits per heavy atom. The largest absolute Gasteiger partial charge is 0.379 e. The number of likely N-dealkylation sites (N-methyl/N-ethyl adjacent to an activating group) is 1. The Hall–Kier alpha value is -1.71. The van der Waals surface area contributed by atoms with Gasteiger partial charge in [0.2, 0.25) is 0 Å². The predicted molar refractivity (Wildman–Crippen MR) is 113 cm³/mol. The van der Waals surface area contributed by atoms with Gasteiger partial charge in [0.25, 0.3) is 0 Å². The van der Waals surface area contributed by atoms with Gasteiger partial charge in [-0.25, -0.2) is 4.99 Å². The second-order valence-electron chi connectivity index (χ2n) is 8.04. The summed E-state index contributed by atoms with van der Waals surface area (Å²) in [5.41, 5.74) is 0. The highest BCUT2D eigenvalue weighted by molar-refractivity contribution is 5.79. The van der Waals surface area contributed by atoms with Crippen molar-refractivity contribution in [2.75, 3.05) is 66.2 Å². The molecule has 164 valence electrons. The molecule has 1 saturated carbocycles. The third kappa shape index (κ3) is 7.56. The Balaban J connectivity index is 1.46. The molecule has 0 atom stereocenters. The zero-order valence-corrected chi connectivity index (χ0v) is 18.3. The number of aliphatic imine (C=N–C) groups is 1. The molecule has 1 aliphatic carbocycles. The van der Waals surface area contributed by atoms with Crippen LogP contribution in [0.5, 0.6) is 0 Å². The normalized spacial score (nSPS) is 18.2. The van der Waals surface area contributed by atoms with Crippen molar-refractivity contribution < 1.29 is 9.47 Å². The summed E-state index contributed by atoms with van der Waals surface area (Å²) >= 11 is 0. The average Bonchev–Trinajstić information content (AvgIpc) is 3.51. The maximum atomic E-state index is 5.80. The van der Waals surface area contributed by atoms with Gasteiger partial charge in [-0.3, -0.25) is 4.90 Å². The van der Waals surface area contributed by atoms with Crippen molar-refractivity contribution in [1.29, 1.82) is 0 Å². The molecule has 2 fully saturated rings. The van der Waals surface area contributed by atoms with Crippen molar-refractivity contribution in [3.63, 3.8) is 0 Å². The lowest BCUT2D eigenvalue weighted by Gasteiger charge is -2.27. The molecule has 0 unspecified atom stereocenters. The number of hydrogen-bond donors (Lipinski definition) is 1. The van der Waals surface area contributed by atoms with Crippen LogP contribution >= 0.6 is 0 Å². The molecular weight excluding hydrogens is 370 g/mol. The molecule has 2 aliphatic rings. The Labute approximate surface area is 174 Å². The van der Waals surface area contributed by atoms with Gasteiger partial charge in [-0.05, 0) is 38.6 Å². The summed E-state index contributed by atoms with van der Waals surface area (Å²) in [6, 6.07) is 0. The molecule has 0 radical (unpaired) electrons. The van der Waals surface area contributed by atoms with Crippen molar-refractivity contribution in [2.24, 2.45) is 18.0 Å². The summed E-state index contributed by atoms with van der Waals surface area (Å²) < 4.78 is 13.2. The van der Waals surface area contributed by atoms with Crippen LogP contribution in [0.2, 0.25) is 0 Å². The van der Waals surface area contributed by atoms with Crippen LogP contribution in [0.15, 0.2) is 4.99 Å². The van der Waals surface area contributed by atoms with E-state index in [0.717, 1.165) is 89.1 Å². The molecule has 2 heterocycles. The molecule has 1 N–H and O–H groups in total. The molecule has 1 aliphatic heterocycles. The minimum atomic E-state index is 0.510. The van der Waals surface area contributed by atoms with E-state index in [1.165, 1.54) is 12.8 Å². The fourth-order valence-corrected chi connectivity index (χ4v) is 3.22. The third-order valence-electron chi connectivity index (χ3n) is 5.57. The molecule has 1 saturated heterocycles. The number of rotatable bonds is 11. The number of ether oxygens (including phenoxy) is 2. The van der Waals surface area contributed by atoms with Crippen LogP contribution in [0, 0.1) is 12.8 Å². The monoisotopic (exact) mass is 407 g/mol. The first-order chi connectivity index (χ1) is 14.1. The van der Waals surface area contributed by atoms with E-state index in [-0.39, 0.29) is 0 Å². The standard InChI is InChI=1S/C20H37N7O2/c1-17-23-24-19(26(17)3)15-22-20(25(2)9-12-29-16-18-5-6-18)21-7-4-8-27-10-13-28-14-11-27/h18H,4-16H2,1-3H3,(H,21,22). The predicted octanol–water partition coefficient (Wildman–Crippen LogP) is 0.650. The highest BCUT2D eigenvalue weighted by Crippen LogP contribution is 2.28. The second-order valence-corrected chi connectivity index (χ2v) is 8.04. The maximum Gasteiger partial charge on any atom is 0.194 e. The summed E-state index contributed by atoms with van der Waals surface area (Å²) in [6.45, 7) is 10.6. The Kier molecular flexibility index (Phi) is 8.69. The van der Waals surface area contributed by atoms with E-state index in [2.05, 4.69) is 32.4 Å². The van der Waals surface area contributed by atoms with Crippen molar-refractivity contribution in [2.45, 2.75) is 32.7 Å². The number of nitrogens with one attached hydrogen (secondary N) is 1. The Morgan fingerprint density at radius 3 is 2.79 bits per heavy atom. The van der Waals surface area contributed by atoms with Gasteiger partial charge in [0.1, 0.15) is 12.4 Å². The summed E-state index contributed by atoms with van der Waals surface area (Å²) in [6.07, 6.45) is 3.73. The first kappa shape index (κ1) is 22.0. The molecule has 29 heavy (non-hydrogen) atoms. The minimum absolute atomic E-state index is 0.510. The number of aromatic nitrogens is 3. The fraction of sp³-hybridized carbons (Fsp3) is 0.850. The van der Waals surface area contributed by atoms with Gasteiger partial charge < -0.3 is 24.3 Å². The van der Waals surface area contributed by atoms with Crippen molar-refractivity contribution in [1.82, 2.24) is 29.9 Å². The lowest BCUT2D eigenvalue weighted by atomic mass is 10.3. The van der Waals surface area contributed by atoms with Crippen LogP contribution in [-0.2, 0) is 23.1 Å². The van der Waals surface area contributed by atoms with Gasteiger partial charge in [0.05, 0.1) is 19.8 Å². The van der Waals surface area contributed by atoms with Crippen LogP contribution in [0.4, 0.5) is 0 Å². The lowest BCUT2D eigenvalue weighted by Crippen LogP contribution is -2.42. The first-order valence-corrected chi connectivity index (χ1v) is 10.9. The molecular formula is C20H37N7O2. The summed E-state index contributed by atoms with van der Waals surface area (Å²) in [5, 5.41) is 11.9. The average molecular weight is 408 g/mol. The van der Waals surface area contributed by atoms with Crippen LogP contribution in [0.1, 0.15) is 30.9 Å². The molecule has 0 bridgehead atoms. The van der Waals surface area contributed by atoms with E-state index in [4.69, 9.17) is 14.5 Å². The topological polar surface area (TPSA) is 80.0 Å².